The molecule has 2 aliphatic rings. The molecule has 1 N–H and O–H groups in total. The van der Waals surface area contributed by atoms with Gasteiger partial charge in [0.05, 0.1) is 19.8 Å². The zero-order valence-corrected chi connectivity index (χ0v) is 18.0. The van der Waals surface area contributed by atoms with Gasteiger partial charge in [-0.3, -0.25) is 4.79 Å². The van der Waals surface area contributed by atoms with Gasteiger partial charge in [-0.15, -0.1) is 12.4 Å². The summed E-state index contributed by atoms with van der Waals surface area (Å²) in [5, 5.41) is 3.47. The molecule has 0 unspecified atom stereocenters. The van der Waals surface area contributed by atoms with Gasteiger partial charge in [-0.25, -0.2) is 0 Å². The van der Waals surface area contributed by atoms with E-state index in [0.29, 0.717) is 48.0 Å². The molecule has 2 heterocycles. The predicted molar refractivity (Wildman–Crippen MR) is 112 cm³/mol. The molecule has 158 valence electrons. The van der Waals surface area contributed by atoms with E-state index in [0.717, 1.165) is 39.0 Å². The Bertz CT molecular complexity index is 625. The van der Waals surface area contributed by atoms with Gasteiger partial charge in [0.25, 0.3) is 5.91 Å². The molecule has 1 spiro atoms. The SMILES string of the molecule is CCOc1cc(C(=O)N2CCC3(CCNC3)CC2)cc(OCC)c1OCC.Cl. The highest BCUT2D eigenvalue weighted by Crippen LogP contribution is 2.41. The van der Waals surface area contributed by atoms with Gasteiger partial charge in [0.1, 0.15) is 0 Å². The standard InChI is InChI=1S/C21H32N2O4.ClH/c1-4-25-17-13-16(14-18(26-5-2)19(17)27-6-3)20(24)23-11-8-21(9-12-23)7-10-22-15-21;/h13-14,22H,4-12,15H2,1-3H3;1H. The van der Waals surface area contributed by atoms with E-state index in [2.05, 4.69) is 5.32 Å². The fourth-order valence-electron chi connectivity index (χ4n) is 4.10. The minimum atomic E-state index is 0. The first-order valence-electron chi connectivity index (χ1n) is 10.2. The molecule has 0 aliphatic carbocycles. The molecule has 0 saturated carbocycles. The number of rotatable bonds is 7. The van der Waals surface area contributed by atoms with Crippen LogP contribution in [0.2, 0.25) is 0 Å². The minimum Gasteiger partial charge on any atom is -0.490 e. The highest BCUT2D eigenvalue weighted by molar-refractivity contribution is 5.95. The maximum absolute atomic E-state index is 13.1. The first-order chi connectivity index (χ1) is 13.1. The first kappa shape index (κ1) is 22.6. The third kappa shape index (κ3) is 4.84. The van der Waals surface area contributed by atoms with Gasteiger partial charge in [-0.1, -0.05) is 0 Å². The molecule has 0 bridgehead atoms. The quantitative estimate of drug-likeness (QED) is 0.742. The number of halogens is 1. The molecule has 2 fully saturated rings. The van der Waals surface area contributed by atoms with Gasteiger partial charge in [0.2, 0.25) is 5.75 Å². The van der Waals surface area contributed by atoms with E-state index in [1.807, 2.05) is 25.7 Å². The van der Waals surface area contributed by atoms with Crippen molar-refractivity contribution in [1.82, 2.24) is 10.2 Å². The van der Waals surface area contributed by atoms with Crippen LogP contribution in [0.3, 0.4) is 0 Å². The number of amides is 1. The summed E-state index contributed by atoms with van der Waals surface area (Å²) in [5.41, 5.74) is 0.994. The summed E-state index contributed by atoms with van der Waals surface area (Å²) in [7, 11) is 0. The number of nitrogens with one attached hydrogen (secondary N) is 1. The number of hydrogen-bond donors (Lipinski definition) is 1. The Morgan fingerprint density at radius 1 is 1.00 bits per heavy atom. The molecule has 2 saturated heterocycles. The Balaban J connectivity index is 0.00000280. The van der Waals surface area contributed by atoms with Crippen LogP contribution in [0, 0.1) is 5.41 Å². The zero-order chi connectivity index (χ0) is 19.3. The monoisotopic (exact) mass is 412 g/mol. The van der Waals surface area contributed by atoms with E-state index < -0.39 is 0 Å². The lowest BCUT2D eigenvalue weighted by atomic mass is 9.78. The zero-order valence-electron chi connectivity index (χ0n) is 17.2. The van der Waals surface area contributed by atoms with Crippen LogP contribution in [0.4, 0.5) is 0 Å². The molecule has 28 heavy (non-hydrogen) atoms. The summed E-state index contributed by atoms with van der Waals surface area (Å²) in [5.74, 6) is 1.76. The summed E-state index contributed by atoms with van der Waals surface area (Å²) in [6.45, 7) is 11.1. The van der Waals surface area contributed by atoms with Crippen LogP contribution in [0.1, 0.15) is 50.4 Å². The van der Waals surface area contributed by atoms with Gasteiger partial charge >= 0.3 is 0 Å². The average molecular weight is 413 g/mol. The van der Waals surface area contributed by atoms with Crippen LogP contribution in [-0.2, 0) is 0 Å². The number of ether oxygens (including phenoxy) is 3. The third-order valence-electron chi connectivity index (χ3n) is 5.60. The van der Waals surface area contributed by atoms with Crippen LogP contribution in [0.5, 0.6) is 17.2 Å². The maximum atomic E-state index is 13.1. The normalized spacial score (nSPS) is 17.9. The maximum Gasteiger partial charge on any atom is 0.254 e. The van der Waals surface area contributed by atoms with Crippen LogP contribution in [-0.4, -0.2) is 56.8 Å². The van der Waals surface area contributed by atoms with Gasteiger partial charge < -0.3 is 24.4 Å². The molecule has 0 aromatic heterocycles. The van der Waals surface area contributed by atoms with Crippen LogP contribution >= 0.6 is 12.4 Å². The number of carbonyl (C=O) groups is 1. The second kappa shape index (κ2) is 10.2. The molecule has 1 amide bonds. The van der Waals surface area contributed by atoms with E-state index in [9.17, 15) is 4.79 Å². The first-order valence-corrected chi connectivity index (χ1v) is 10.2. The van der Waals surface area contributed by atoms with Gasteiger partial charge in [0, 0.05) is 25.2 Å². The average Bonchev–Trinajstić information content (AvgIpc) is 3.12. The highest BCUT2D eigenvalue weighted by Gasteiger charge is 2.38. The number of piperidine rings is 1. The molecular formula is C21H33ClN2O4. The van der Waals surface area contributed by atoms with Crippen molar-refractivity contribution in [2.75, 3.05) is 46.0 Å². The van der Waals surface area contributed by atoms with E-state index in [1.54, 1.807) is 12.1 Å². The topological polar surface area (TPSA) is 60.0 Å². The smallest absolute Gasteiger partial charge is 0.254 e. The van der Waals surface area contributed by atoms with Gasteiger partial charge in [0.15, 0.2) is 11.5 Å². The summed E-state index contributed by atoms with van der Waals surface area (Å²) in [6, 6.07) is 3.59. The van der Waals surface area contributed by atoms with Crippen LogP contribution in [0.15, 0.2) is 12.1 Å². The molecule has 2 aliphatic heterocycles. The van der Waals surface area contributed by atoms with E-state index in [4.69, 9.17) is 14.2 Å². The second-order valence-electron chi connectivity index (χ2n) is 7.32. The highest BCUT2D eigenvalue weighted by atomic mass is 35.5. The van der Waals surface area contributed by atoms with E-state index in [1.165, 1.54) is 6.42 Å². The van der Waals surface area contributed by atoms with Crippen LogP contribution < -0.4 is 19.5 Å². The van der Waals surface area contributed by atoms with Crippen molar-refractivity contribution in [3.63, 3.8) is 0 Å². The number of carbonyl (C=O) groups excluding carboxylic acids is 1. The van der Waals surface area contributed by atoms with Crippen molar-refractivity contribution in [2.24, 2.45) is 5.41 Å². The summed E-state index contributed by atoms with van der Waals surface area (Å²) in [6.07, 6.45) is 3.36. The number of nitrogens with zero attached hydrogens (tertiary/aromatic N) is 1. The summed E-state index contributed by atoms with van der Waals surface area (Å²) < 4.78 is 17.2. The van der Waals surface area contributed by atoms with E-state index >= 15 is 0 Å². The van der Waals surface area contributed by atoms with Crippen molar-refractivity contribution in [3.05, 3.63) is 17.7 Å². The van der Waals surface area contributed by atoms with Gasteiger partial charge in [-0.2, -0.15) is 0 Å². The van der Waals surface area contributed by atoms with Crippen molar-refractivity contribution in [1.29, 1.82) is 0 Å². The lowest BCUT2D eigenvalue weighted by Gasteiger charge is -2.39. The lowest BCUT2D eigenvalue weighted by molar-refractivity contribution is 0.0606. The molecule has 7 heteroatoms. The molecule has 3 rings (SSSR count). The van der Waals surface area contributed by atoms with Crippen molar-refractivity contribution in [2.45, 2.75) is 40.0 Å². The summed E-state index contributed by atoms with van der Waals surface area (Å²) >= 11 is 0. The van der Waals surface area contributed by atoms with Crippen molar-refractivity contribution < 1.29 is 19.0 Å². The van der Waals surface area contributed by atoms with Crippen molar-refractivity contribution in [3.8, 4) is 17.2 Å². The summed E-state index contributed by atoms with van der Waals surface area (Å²) in [4.78, 5) is 15.1. The fraction of sp³-hybridized carbons (Fsp3) is 0.667. The van der Waals surface area contributed by atoms with Crippen LogP contribution in [0.25, 0.3) is 0 Å². The predicted octanol–water partition coefficient (Wildman–Crippen LogP) is 3.52. The Morgan fingerprint density at radius 2 is 1.57 bits per heavy atom. The minimum absolute atomic E-state index is 0. The molecule has 0 radical (unpaired) electrons. The number of benzene rings is 1. The third-order valence-corrected chi connectivity index (χ3v) is 5.60. The Kier molecular flexibility index (Phi) is 8.25. The molecular weight excluding hydrogens is 380 g/mol. The number of likely N-dealkylation sites (tertiary alicyclic amines) is 1. The fourth-order valence-corrected chi connectivity index (χ4v) is 4.10. The lowest BCUT2D eigenvalue weighted by Crippen LogP contribution is -2.44. The number of hydrogen-bond acceptors (Lipinski definition) is 5. The van der Waals surface area contributed by atoms with Gasteiger partial charge in [-0.05, 0) is 64.1 Å². The molecule has 6 nitrogen and oxygen atoms in total. The molecule has 1 aromatic rings. The molecule has 1 aromatic carbocycles. The second-order valence-corrected chi connectivity index (χ2v) is 7.32. The van der Waals surface area contributed by atoms with E-state index in [-0.39, 0.29) is 18.3 Å². The van der Waals surface area contributed by atoms with Crippen molar-refractivity contribution >= 4 is 18.3 Å². The Hall–Kier alpha value is -1.66. The Labute approximate surface area is 174 Å². The Morgan fingerprint density at radius 3 is 2.04 bits per heavy atom. The molecule has 0 atom stereocenters. The largest absolute Gasteiger partial charge is 0.490 e.